The average Bonchev–Trinajstić information content (AvgIpc) is 2.97. The van der Waals surface area contributed by atoms with E-state index in [-0.39, 0.29) is 30.7 Å². The number of halogens is 2. The zero-order chi connectivity index (χ0) is 29.8. The maximum Gasteiger partial charge on any atom is 0.474 e. The molecule has 0 aliphatic heterocycles. The van der Waals surface area contributed by atoms with Crippen LogP contribution in [0.25, 0.3) is 10.8 Å². The van der Waals surface area contributed by atoms with Gasteiger partial charge in [0, 0.05) is 39.3 Å². The first-order chi connectivity index (χ1) is 19.7. The summed E-state index contributed by atoms with van der Waals surface area (Å²) in [5, 5.41) is 5.68. The van der Waals surface area contributed by atoms with Crippen LogP contribution in [0.5, 0.6) is 0 Å². The molecule has 3 rings (SSSR count). The summed E-state index contributed by atoms with van der Waals surface area (Å²) in [6.07, 6.45) is 2.21. The third-order valence-electron chi connectivity index (χ3n) is 6.07. The normalized spacial score (nSPS) is 12.2. The average molecular weight is 611 g/mol. The summed E-state index contributed by atoms with van der Waals surface area (Å²) >= 11 is 6.07. The number of pyridine rings is 1. The molecule has 2 amide bonds. The monoisotopic (exact) mass is 610 g/mol. The van der Waals surface area contributed by atoms with Gasteiger partial charge in [0.05, 0.1) is 17.7 Å². The molecule has 0 bridgehead atoms. The summed E-state index contributed by atoms with van der Waals surface area (Å²) in [7, 11) is -1.17. The number of fused-ring (bicyclic) bond motifs is 1. The number of phosphoric ester groups is 1. The van der Waals surface area contributed by atoms with Crippen molar-refractivity contribution in [3.05, 3.63) is 71.1 Å². The van der Waals surface area contributed by atoms with Crippen LogP contribution in [0.3, 0.4) is 0 Å². The highest BCUT2D eigenvalue weighted by molar-refractivity contribution is 7.48. The van der Waals surface area contributed by atoms with Crippen molar-refractivity contribution in [3.63, 3.8) is 0 Å². The number of rotatable bonds is 15. The molecule has 222 valence electrons. The number of amides is 2. The van der Waals surface area contributed by atoms with E-state index >= 15 is 0 Å². The molecule has 1 heterocycles. The number of unbranched alkanes of at least 4 members (excludes halogenated alkanes) is 1. The number of hydrogen-bond acceptors (Lipinski definition) is 9. The SMILES string of the molecule is COP(=O)(OC)OCCCCC(COC(=O)Nc1cc2ccccc2cn1)N(NCc1cccc(F)c1Cl)C(C)=O. The topological polar surface area (TPSA) is 128 Å². The molecule has 14 heteroatoms. The Morgan fingerprint density at radius 2 is 1.83 bits per heavy atom. The number of phosphoric acid groups is 1. The van der Waals surface area contributed by atoms with E-state index in [2.05, 4.69) is 15.7 Å². The number of hydrogen-bond donors (Lipinski definition) is 2. The molecule has 2 N–H and O–H groups in total. The lowest BCUT2D eigenvalue weighted by Crippen LogP contribution is -2.50. The fourth-order valence-corrected chi connectivity index (χ4v) is 4.85. The number of ether oxygens (including phenoxy) is 1. The highest BCUT2D eigenvalue weighted by Crippen LogP contribution is 2.47. The second-order valence-corrected chi connectivity index (χ2v) is 11.1. The quantitative estimate of drug-likeness (QED) is 0.119. The molecule has 1 unspecified atom stereocenters. The second kappa shape index (κ2) is 15.8. The number of anilines is 1. The third kappa shape index (κ3) is 9.74. The fourth-order valence-electron chi connectivity index (χ4n) is 3.94. The smallest absolute Gasteiger partial charge is 0.447 e. The maximum absolute atomic E-state index is 13.9. The Morgan fingerprint density at radius 3 is 2.54 bits per heavy atom. The molecular formula is C27H33ClFN4O7P. The Labute approximate surface area is 242 Å². The Hall–Kier alpha value is -3.12. The van der Waals surface area contributed by atoms with Crippen molar-refractivity contribution in [3.8, 4) is 0 Å². The van der Waals surface area contributed by atoms with E-state index in [0.717, 1.165) is 10.8 Å². The first kappa shape index (κ1) is 32.4. The number of nitrogens with one attached hydrogen (secondary N) is 2. The lowest BCUT2D eigenvalue weighted by atomic mass is 10.1. The molecule has 3 aromatic rings. The van der Waals surface area contributed by atoms with Crippen LogP contribution in [0.4, 0.5) is 15.0 Å². The Balaban J connectivity index is 1.65. The number of aromatic nitrogens is 1. The molecule has 41 heavy (non-hydrogen) atoms. The Kier molecular flexibility index (Phi) is 12.5. The Bertz CT molecular complexity index is 1370. The molecule has 0 saturated heterocycles. The van der Waals surface area contributed by atoms with Crippen LogP contribution < -0.4 is 10.7 Å². The zero-order valence-electron chi connectivity index (χ0n) is 23.0. The van der Waals surface area contributed by atoms with Gasteiger partial charge in [0.15, 0.2) is 0 Å². The summed E-state index contributed by atoms with van der Waals surface area (Å²) in [6, 6.07) is 13.1. The van der Waals surface area contributed by atoms with Crippen molar-refractivity contribution in [2.24, 2.45) is 0 Å². The van der Waals surface area contributed by atoms with Gasteiger partial charge < -0.3 is 4.74 Å². The van der Waals surface area contributed by atoms with Gasteiger partial charge in [-0.3, -0.25) is 28.7 Å². The third-order valence-corrected chi connectivity index (χ3v) is 7.89. The first-order valence-corrected chi connectivity index (χ1v) is 14.6. The maximum atomic E-state index is 13.9. The molecule has 11 nitrogen and oxygen atoms in total. The number of carbonyl (C=O) groups is 2. The highest BCUT2D eigenvalue weighted by atomic mass is 35.5. The summed E-state index contributed by atoms with van der Waals surface area (Å²) in [6.45, 7) is 1.31. The summed E-state index contributed by atoms with van der Waals surface area (Å²) in [5.41, 5.74) is 3.42. The van der Waals surface area contributed by atoms with Crippen LogP contribution in [-0.2, 0) is 34.2 Å². The molecule has 0 saturated carbocycles. The molecule has 1 aromatic heterocycles. The van der Waals surface area contributed by atoms with Gasteiger partial charge in [-0.05, 0) is 42.3 Å². The van der Waals surface area contributed by atoms with Crippen LogP contribution in [-0.4, -0.2) is 55.5 Å². The van der Waals surface area contributed by atoms with Gasteiger partial charge in [-0.2, -0.15) is 0 Å². The number of carbonyl (C=O) groups excluding carboxylic acids is 2. The van der Waals surface area contributed by atoms with Crippen molar-refractivity contribution in [2.45, 2.75) is 38.8 Å². The van der Waals surface area contributed by atoms with Crippen molar-refractivity contribution in [1.82, 2.24) is 15.4 Å². The van der Waals surface area contributed by atoms with Gasteiger partial charge in [0.25, 0.3) is 0 Å². The zero-order valence-corrected chi connectivity index (χ0v) is 24.6. The second-order valence-electron chi connectivity index (χ2n) is 8.87. The van der Waals surface area contributed by atoms with Gasteiger partial charge in [0.1, 0.15) is 18.2 Å². The number of nitrogens with zero attached hydrogens (tertiary/aromatic N) is 2. The largest absolute Gasteiger partial charge is 0.474 e. The van der Waals surface area contributed by atoms with Gasteiger partial charge in [-0.25, -0.2) is 24.2 Å². The summed E-state index contributed by atoms with van der Waals surface area (Å²) in [4.78, 5) is 29.5. The number of benzene rings is 2. The standard InChI is InChI=1S/C27H33ClFN4O7P/c1-19(34)33(31-17-22-11-8-13-24(29)26(22)28)23(12-6-7-14-40-41(36,37-2)38-3)18-39-27(35)32-25-15-20-9-4-5-10-21(20)16-30-25/h4-5,8-11,13,15-16,23,31H,6-7,12,14,17-18H2,1-3H3,(H,30,32,35). The molecular weight excluding hydrogens is 578 g/mol. The van der Waals surface area contributed by atoms with Crippen LogP contribution in [0.2, 0.25) is 5.02 Å². The van der Waals surface area contributed by atoms with E-state index in [9.17, 15) is 18.5 Å². The van der Waals surface area contributed by atoms with E-state index in [1.54, 1.807) is 18.3 Å². The summed E-state index contributed by atoms with van der Waals surface area (Å²) < 4.78 is 46.2. The van der Waals surface area contributed by atoms with Crippen LogP contribution in [0.15, 0.2) is 54.7 Å². The minimum absolute atomic E-state index is 0.0495. The van der Waals surface area contributed by atoms with Crippen molar-refractivity contribution in [1.29, 1.82) is 0 Å². The molecule has 0 aliphatic rings. The van der Waals surface area contributed by atoms with Crippen molar-refractivity contribution < 1.29 is 36.9 Å². The molecule has 0 radical (unpaired) electrons. The number of hydrazine groups is 1. The first-order valence-electron chi connectivity index (χ1n) is 12.8. The minimum atomic E-state index is -3.61. The van der Waals surface area contributed by atoms with Gasteiger partial charge in [-0.1, -0.05) is 48.0 Å². The molecule has 0 aliphatic carbocycles. The van der Waals surface area contributed by atoms with Crippen LogP contribution >= 0.6 is 19.4 Å². The predicted octanol–water partition coefficient (Wildman–Crippen LogP) is 6.09. The Morgan fingerprint density at radius 1 is 1.10 bits per heavy atom. The fraction of sp³-hybridized carbons (Fsp3) is 0.370. The summed E-state index contributed by atoms with van der Waals surface area (Å²) in [5.74, 6) is -0.628. The van der Waals surface area contributed by atoms with Crippen LogP contribution in [0.1, 0.15) is 31.7 Å². The lowest BCUT2D eigenvalue weighted by Gasteiger charge is -2.31. The van der Waals surface area contributed by atoms with Crippen LogP contribution in [0, 0.1) is 5.82 Å². The van der Waals surface area contributed by atoms with E-state index in [4.69, 9.17) is 29.9 Å². The predicted molar refractivity (Wildman–Crippen MR) is 153 cm³/mol. The highest BCUT2D eigenvalue weighted by Gasteiger charge is 2.25. The van der Waals surface area contributed by atoms with Crippen molar-refractivity contribution >= 4 is 48.0 Å². The molecule has 1 atom stereocenters. The van der Waals surface area contributed by atoms with E-state index in [1.165, 1.54) is 38.3 Å². The minimum Gasteiger partial charge on any atom is -0.447 e. The van der Waals surface area contributed by atoms with Gasteiger partial charge in [-0.15, -0.1) is 0 Å². The molecule has 0 fully saturated rings. The van der Waals surface area contributed by atoms with Gasteiger partial charge in [0.2, 0.25) is 5.91 Å². The molecule has 2 aromatic carbocycles. The van der Waals surface area contributed by atoms with E-state index in [1.807, 2.05) is 24.3 Å². The van der Waals surface area contributed by atoms with Gasteiger partial charge >= 0.3 is 13.9 Å². The molecule has 0 spiro atoms. The van der Waals surface area contributed by atoms with E-state index in [0.29, 0.717) is 30.6 Å². The van der Waals surface area contributed by atoms with E-state index < -0.39 is 25.8 Å². The van der Waals surface area contributed by atoms with Crippen molar-refractivity contribution in [2.75, 3.05) is 32.8 Å². The lowest BCUT2D eigenvalue weighted by molar-refractivity contribution is -0.136.